The predicted molar refractivity (Wildman–Crippen MR) is 123 cm³/mol. The summed E-state index contributed by atoms with van der Waals surface area (Å²) in [5.41, 5.74) is 5.40. The Morgan fingerprint density at radius 1 is 1.19 bits per heavy atom. The number of nitriles is 1. The van der Waals surface area contributed by atoms with Gasteiger partial charge in [0.05, 0.1) is 29.5 Å². The van der Waals surface area contributed by atoms with E-state index in [1.165, 1.54) is 12.0 Å². The lowest BCUT2D eigenvalue weighted by molar-refractivity contribution is 0.0165. The summed E-state index contributed by atoms with van der Waals surface area (Å²) in [6, 6.07) is 9.86. The van der Waals surface area contributed by atoms with Crippen LogP contribution in [0.3, 0.4) is 0 Å². The van der Waals surface area contributed by atoms with Gasteiger partial charge in [-0.15, -0.1) is 0 Å². The normalized spacial score (nSPS) is 24.0. The summed E-state index contributed by atoms with van der Waals surface area (Å²) >= 11 is 0. The van der Waals surface area contributed by atoms with Crippen LogP contribution in [0.5, 0.6) is 0 Å². The van der Waals surface area contributed by atoms with Crippen LogP contribution in [-0.2, 0) is 4.74 Å². The van der Waals surface area contributed by atoms with Crippen LogP contribution in [0.2, 0.25) is 0 Å². The lowest BCUT2D eigenvalue weighted by atomic mass is 9.91. The third-order valence-corrected chi connectivity index (χ3v) is 6.78. The van der Waals surface area contributed by atoms with Crippen LogP contribution >= 0.6 is 0 Å². The van der Waals surface area contributed by atoms with Crippen LogP contribution in [0.15, 0.2) is 42.9 Å². The van der Waals surface area contributed by atoms with Crippen molar-refractivity contribution in [2.24, 2.45) is 0 Å². The Morgan fingerprint density at radius 3 is 2.69 bits per heavy atom. The van der Waals surface area contributed by atoms with E-state index in [0.717, 1.165) is 47.5 Å². The van der Waals surface area contributed by atoms with Gasteiger partial charge in [0.2, 0.25) is 0 Å². The minimum absolute atomic E-state index is 0.294. The van der Waals surface area contributed by atoms with E-state index in [0.29, 0.717) is 24.3 Å². The Hall–Kier alpha value is -3.21. The largest absolute Gasteiger partial charge is 0.371 e. The van der Waals surface area contributed by atoms with Crippen LogP contribution in [0.25, 0.3) is 22.2 Å². The molecule has 32 heavy (non-hydrogen) atoms. The van der Waals surface area contributed by atoms with Crippen molar-refractivity contribution in [2.75, 3.05) is 24.6 Å². The number of nitrogens with one attached hydrogen (secondary N) is 1. The third kappa shape index (κ3) is 3.27. The van der Waals surface area contributed by atoms with Gasteiger partial charge in [0, 0.05) is 48.7 Å². The van der Waals surface area contributed by atoms with Gasteiger partial charge in [0.15, 0.2) is 0 Å². The van der Waals surface area contributed by atoms with E-state index in [9.17, 15) is 5.26 Å². The molecule has 3 fully saturated rings. The molecule has 2 bridgehead atoms. The number of piperazine rings is 1. The molecule has 162 valence electrons. The van der Waals surface area contributed by atoms with Gasteiger partial charge < -0.3 is 15.0 Å². The third-order valence-electron chi connectivity index (χ3n) is 6.78. The molecule has 0 spiro atoms. The molecule has 7 heterocycles. The average molecular weight is 427 g/mol. The van der Waals surface area contributed by atoms with Crippen LogP contribution in [0, 0.1) is 11.3 Å². The van der Waals surface area contributed by atoms with Crippen molar-refractivity contribution in [3.05, 3.63) is 54.0 Å². The van der Waals surface area contributed by atoms with Crippen molar-refractivity contribution in [1.29, 1.82) is 5.26 Å². The summed E-state index contributed by atoms with van der Waals surface area (Å²) in [5.74, 6) is 1.01. The highest BCUT2D eigenvalue weighted by molar-refractivity contribution is 5.87. The monoisotopic (exact) mass is 426 g/mol. The maximum atomic E-state index is 9.67. The predicted octanol–water partition coefficient (Wildman–Crippen LogP) is 3.40. The number of nitrogens with zero attached hydrogens (tertiary/aromatic N) is 5. The topological polar surface area (TPSA) is 78.5 Å². The first-order valence-electron chi connectivity index (χ1n) is 11.2. The molecule has 0 aliphatic carbocycles. The van der Waals surface area contributed by atoms with Gasteiger partial charge >= 0.3 is 0 Å². The zero-order chi connectivity index (χ0) is 21.9. The summed E-state index contributed by atoms with van der Waals surface area (Å²) in [6.45, 7) is 6.87. The van der Waals surface area contributed by atoms with Crippen LogP contribution in [-0.4, -0.2) is 52.0 Å². The van der Waals surface area contributed by atoms with Crippen molar-refractivity contribution in [3.63, 3.8) is 0 Å². The van der Waals surface area contributed by atoms with E-state index >= 15 is 0 Å². The van der Waals surface area contributed by atoms with E-state index in [1.54, 1.807) is 6.20 Å². The highest BCUT2D eigenvalue weighted by Gasteiger charge is 2.36. The molecule has 7 nitrogen and oxygen atoms in total. The first kappa shape index (κ1) is 19.5. The lowest BCUT2D eigenvalue weighted by Crippen LogP contribution is -2.67. The minimum atomic E-state index is -0.294. The fourth-order valence-electron chi connectivity index (χ4n) is 5.22. The maximum Gasteiger partial charge on any atom is 0.128 e. The van der Waals surface area contributed by atoms with E-state index in [4.69, 9.17) is 9.72 Å². The Kier molecular flexibility index (Phi) is 4.36. The molecule has 0 saturated carbocycles. The Morgan fingerprint density at radius 2 is 2.00 bits per heavy atom. The summed E-state index contributed by atoms with van der Waals surface area (Å²) in [4.78, 5) is 7.16. The Bertz CT molecular complexity index is 1250. The van der Waals surface area contributed by atoms with Crippen molar-refractivity contribution in [2.45, 2.75) is 44.4 Å². The molecule has 4 aliphatic heterocycles. The maximum absolute atomic E-state index is 9.67. The number of ether oxygens (including phenoxy) is 1. The second-order valence-electron chi connectivity index (χ2n) is 9.58. The van der Waals surface area contributed by atoms with E-state index in [2.05, 4.69) is 59.5 Å². The molecular weight excluding hydrogens is 400 g/mol. The molecule has 7 rings (SSSR count). The van der Waals surface area contributed by atoms with Gasteiger partial charge in [0.25, 0.3) is 0 Å². The van der Waals surface area contributed by atoms with Crippen molar-refractivity contribution < 1.29 is 4.74 Å². The summed E-state index contributed by atoms with van der Waals surface area (Å²) in [6.07, 6.45) is 9.89. The van der Waals surface area contributed by atoms with Gasteiger partial charge in [-0.05, 0) is 62.1 Å². The van der Waals surface area contributed by atoms with E-state index < -0.39 is 0 Å². The number of aromatic nitrogens is 3. The zero-order valence-electron chi connectivity index (χ0n) is 18.4. The van der Waals surface area contributed by atoms with Crippen LogP contribution < -0.4 is 10.2 Å². The first-order chi connectivity index (χ1) is 15.5. The number of pyridine rings is 2. The quantitative estimate of drug-likeness (QED) is 0.692. The molecule has 1 N–H and O–H groups in total. The number of piperidine rings is 1. The number of anilines is 1. The molecule has 0 amide bonds. The molecule has 7 heteroatoms. The molecule has 3 aromatic rings. The van der Waals surface area contributed by atoms with Gasteiger partial charge in [-0.2, -0.15) is 10.4 Å². The summed E-state index contributed by atoms with van der Waals surface area (Å²) in [5, 5.41) is 17.7. The highest BCUT2D eigenvalue weighted by atomic mass is 16.5. The Balaban J connectivity index is 1.42. The van der Waals surface area contributed by atoms with Crippen molar-refractivity contribution in [1.82, 2.24) is 19.9 Å². The number of rotatable bonds is 3. The van der Waals surface area contributed by atoms with E-state index in [1.807, 2.05) is 16.9 Å². The number of hydrogen-bond acceptors (Lipinski definition) is 6. The van der Waals surface area contributed by atoms with Crippen LogP contribution in [0.4, 0.5) is 5.82 Å². The molecule has 2 unspecified atom stereocenters. The molecular formula is C25H26N6O. The summed E-state index contributed by atoms with van der Waals surface area (Å²) < 4.78 is 7.68. The standard InChI is InChI=1S/C25H26N6O/c1-25(2)9-16(5-6-32-25)18-7-22(24-19(10-26)12-28-31(24)13-18)17-3-4-23(27-11-17)30-14-20-8-21(15-30)29-20/h3-4,7,9,11-13,20-21,29H,5-6,8,14-15H2,1-2H3. The van der Waals surface area contributed by atoms with Crippen molar-refractivity contribution in [3.8, 4) is 17.2 Å². The second-order valence-corrected chi connectivity index (χ2v) is 9.58. The minimum Gasteiger partial charge on any atom is -0.371 e. The molecule has 3 aromatic heterocycles. The molecule has 3 saturated heterocycles. The first-order valence-corrected chi connectivity index (χ1v) is 11.2. The van der Waals surface area contributed by atoms with Crippen molar-refractivity contribution >= 4 is 16.9 Å². The fourth-order valence-corrected chi connectivity index (χ4v) is 5.22. The molecule has 0 aromatic carbocycles. The SMILES string of the molecule is CC1(C)C=C(c2cc(-c3ccc(N4CC5CC(C4)N5)nc3)c3c(C#N)cnn3c2)CCO1. The Labute approximate surface area is 187 Å². The lowest BCUT2D eigenvalue weighted by Gasteiger charge is -2.48. The average Bonchev–Trinajstić information content (AvgIpc) is 3.21. The smallest absolute Gasteiger partial charge is 0.128 e. The summed E-state index contributed by atoms with van der Waals surface area (Å²) in [7, 11) is 0. The van der Waals surface area contributed by atoms with Gasteiger partial charge in [0.1, 0.15) is 11.9 Å². The number of fused-ring (bicyclic) bond motifs is 3. The van der Waals surface area contributed by atoms with Gasteiger partial charge in [-0.3, -0.25) is 0 Å². The van der Waals surface area contributed by atoms with Crippen LogP contribution in [0.1, 0.15) is 37.8 Å². The van der Waals surface area contributed by atoms with Gasteiger partial charge in [-0.25, -0.2) is 9.50 Å². The molecule has 4 aliphatic rings. The zero-order valence-corrected chi connectivity index (χ0v) is 18.4. The molecule has 2 atom stereocenters. The molecule has 0 radical (unpaired) electrons. The van der Waals surface area contributed by atoms with E-state index in [-0.39, 0.29) is 5.60 Å². The van der Waals surface area contributed by atoms with Gasteiger partial charge in [-0.1, -0.05) is 0 Å². The highest BCUT2D eigenvalue weighted by Crippen LogP contribution is 2.35. The number of hydrogen-bond donors (Lipinski definition) is 1. The fraction of sp³-hybridized carbons (Fsp3) is 0.400. The second kappa shape index (κ2) is 7.16.